The molecular formula is C13H23N3O. The van der Waals surface area contributed by atoms with E-state index in [2.05, 4.69) is 10.2 Å². The van der Waals surface area contributed by atoms with Crippen LogP contribution in [-0.2, 0) is 4.79 Å². The van der Waals surface area contributed by atoms with Gasteiger partial charge in [-0.25, -0.2) is 0 Å². The zero-order chi connectivity index (χ0) is 11.8. The van der Waals surface area contributed by atoms with Crippen molar-refractivity contribution in [1.82, 2.24) is 10.2 Å². The van der Waals surface area contributed by atoms with E-state index in [0.717, 1.165) is 43.9 Å². The Labute approximate surface area is 103 Å². The standard InChI is InChI=1S/C13H23N3O/c14-13(17)12-7-15-3-4-16(12)8-11-6-9-1-2-10(11)5-9/h9-12,15H,1-8H2,(H2,14,17). The van der Waals surface area contributed by atoms with Crippen LogP contribution in [0.5, 0.6) is 0 Å². The predicted molar refractivity (Wildman–Crippen MR) is 66.4 cm³/mol. The highest BCUT2D eigenvalue weighted by atomic mass is 16.1. The maximum Gasteiger partial charge on any atom is 0.236 e. The van der Waals surface area contributed by atoms with Gasteiger partial charge in [0.15, 0.2) is 0 Å². The summed E-state index contributed by atoms with van der Waals surface area (Å²) in [5.41, 5.74) is 5.49. The number of carbonyl (C=O) groups is 1. The average Bonchev–Trinajstić information content (AvgIpc) is 2.91. The highest BCUT2D eigenvalue weighted by molar-refractivity contribution is 5.80. The second-order valence-corrected chi connectivity index (χ2v) is 6.05. The lowest BCUT2D eigenvalue weighted by molar-refractivity contribution is -0.124. The van der Waals surface area contributed by atoms with Crippen LogP contribution in [0.15, 0.2) is 0 Å². The minimum atomic E-state index is -0.166. The molecule has 4 unspecified atom stereocenters. The molecule has 0 aromatic rings. The molecule has 0 radical (unpaired) electrons. The largest absolute Gasteiger partial charge is 0.368 e. The number of amides is 1. The Morgan fingerprint density at radius 1 is 1.35 bits per heavy atom. The van der Waals surface area contributed by atoms with Gasteiger partial charge in [0.05, 0.1) is 0 Å². The molecule has 2 bridgehead atoms. The number of rotatable bonds is 3. The molecule has 1 heterocycles. The molecule has 3 aliphatic rings. The van der Waals surface area contributed by atoms with Crippen LogP contribution < -0.4 is 11.1 Å². The lowest BCUT2D eigenvalue weighted by atomic mass is 9.88. The van der Waals surface area contributed by atoms with Crippen molar-refractivity contribution in [1.29, 1.82) is 0 Å². The van der Waals surface area contributed by atoms with Gasteiger partial charge in [-0.05, 0) is 37.0 Å². The number of nitrogens with zero attached hydrogens (tertiary/aromatic N) is 1. The van der Waals surface area contributed by atoms with E-state index in [1.54, 1.807) is 0 Å². The molecule has 1 saturated heterocycles. The molecule has 3 N–H and O–H groups in total. The zero-order valence-corrected chi connectivity index (χ0v) is 10.4. The summed E-state index contributed by atoms with van der Waals surface area (Å²) in [4.78, 5) is 13.8. The Bertz CT molecular complexity index is 307. The van der Waals surface area contributed by atoms with Gasteiger partial charge in [-0.15, -0.1) is 0 Å². The first kappa shape index (κ1) is 11.5. The van der Waals surface area contributed by atoms with E-state index in [1.807, 2.05) is 0 Å². The van der Waals surface area contributed by atoms with Gasteiger partial charge in [-0.3, -0.25) is 9.69 Å². The number of carbonyl (C=O) groups excluding carboxylic acids is 1. The maximum absolute atomic E-state index is 11.4. The van der Waals surface area contributed by atoms with Crippen LogP contribution in [0.25, 0.3) is 0 Å². The fourth-order valence-corrected chi connectivity index (χ4v) is 4.15. The van der Waals surface area contributed by atoms with Gasteiger partial charge in [-0.1, -0.05) is 6.42 Å². The number of nitrogens with two attached hydrogens (primary N) is 1. The molecule has 4 nitrogen and oxygen atoms in total. The first-order valence-corrected chi connectivity index (χ1v) is 6.98. The second kappa shape index (κ2) is 4.58. The number of hydrogen-bond acceptors (Lipinski definition) is 3. The molecule has 2 aliphatic carbocycles. The normalized spacial score (nSPS) is 41.9. The van der Waals surface area contributed by atoms with Gasteiger partial charge in [0.25, 0.3) is 0 Å². The number of piperazine rings is 1. The van der Waals surface area contributed by atoms with Crippen molar-refractivity contribution < 1.29 is 4.79 Å². The summed E-state index contributed by atoms with van der Waals surface area (Å²) in [7, 11) is 0. The average molecular weight is 237 g/mol. The molecule has 0 aromatic heterocycles. The Hall–Kier alpha value is -0.610. The Morgan fingerprint density at radius 2 is 2.24 bits per heavy atom. The third-order valence-corrected chi connectivity index (χ3v) is 5.04. The first-order valence-electron chi connectivity index (χ1n) is 6.98. The summed E-state index contributed by atoms with van der Waals surface area (Å²) in [5, 5.41) is 3.26. The van der Waals surface area contributed by atoms with Crippen molar-refractivity contribution in [2.24, 2.45) is 23.5 Å². The molecule has 96 valence electrons. The van der Waals surface area contributed by atoms with E-state index in [1.165, 1.54) is 25.7 Å². The molecule has 0 aromatic carbocycles. The first-order chi connectivity index (χ1) is 8.24. The lowest BCUT2D eigenvalue weighted by Gasteiger charge is -2.37. The summed E-state index contributed by atoms with van der Waals surface area (Å²) < 4.78 is 0. The van der Waals surface area contributed by atoms with Crippen LogP contribution in [0.4, 0.5) is 0 Å². The monoisotopic (exact) mass is 237 g/mol. The summed E-state index contributed by atoms with van der Waals surface area (Å²) in [6.45, 7) is 3.79. The second-order valence-electron chi connectivity index (χ2n) is 6.05. The molecule has 17 heavy (non-hydrogen) atoms. The Balaban J connectivity index is 1.61. The summed E-state index contributed by atoms with van der Waals surface area (Å²) in [6.07, 6.45) is 5.70. The van der Waals surface area contributed by atoms with Gasteiger partial charge in [0, 0.05) is 26.2 Å². The van der Waals surface area contributed by atoms with Crippen molar-refractivity contribution >= 4 is 5.91 Å². The molecule has 1 aliphatic heterocycles. The molecule has 3 rings (SSSR count). The highest BCUT2D eigenvalue weighted by Crippen LogP contribution is 2.48. The van der Waals surface area contributed by atoms with Gasteiger partial charge in [0.2, 0.25) is 5.91 Å². The molecule has 4 atom stereocenters. The minimum absolute atomic E-state index is 0.0807. The quantitative estimate of drug-likeness (QED) is 0.736. The maximum atomic E-state index is 11.4. The molecule has 1 amide bonds. The van der Waals surface area contributed by atoms with Crippen molar-refractivity contribution in [3.63, 3.8) is 0 Å². The Morgan fingerprint density at radius 3 is 2.88 bits per heavy atom. The fourth-order valence-electron chi connectivity index (χ4n) is 4.15. The smallest absolute Gasteiger partial charge is 0.236 e. The van der Waals surface area contributed by atoms with E-state index in [0.29, 0.717) is 0 Å². The SMILES string of the molecule is NC(=O)C1CNCCN1CC1CC2CCC1C2. The van der Waals surface area contributed by atoms with Crippen LogP contribution >= 0.6 is 0 Å². The third kappa shape index (κ3) is 2.20. The number of hydrogen-bond donors (Lipinski definition) is 2. The zero-order valence-electron chi connectivity index (χ0n) is 10.4. The van der Waals surface area contributed by atoms with E-state index < -0.39 is 0 Å². The summed E-state index contributed by atoms with van der Waals surface area (Å²) in [6, 6.07) is -0.0807. The van der Waals surface area contributed by atoms with E-state index in [4.69, 9.17) is 5.73 Å². The summed E-state index contributed by atoms with van der Waals surface area (Å²) in [5.74, 6) is 2.58. The van der Waals surface area contributed by atoms with Crippen LogP contribution in [0.2, 0.25) is 0 Å². The van der Waals surface area contributed by atoms with Crippen molar-refractivity contribution in [2.75, 3.05) is 26.2 Å². The van der Waals surface area contributed by atoms with E-state index in [9.17, 15) is 4.79 Å². The topological polar surface area (TPSA) is 58.4 Å². The third-order valence-electron chi connectivity index (χ3n) is 5.04. The van der Waals surface area contributed by atoms with Gasteiger partial charge in [0.1, 0.15) is 6.04 Å². The van der Waals surface area contributed by atoms with Crippen molar-refractivity contribution in [2.45, 2.75) is 31.7 Å². The van der Waals surface area contributed by atoms with Gasteiger partial charge >= 0.3 is 0 Å². The fraction of sp³-hybridized carbons (Fsp3) is 0.923. The molecule has 0 spiro atoms. The number of primary amides is 1. The predicted octanol–water partition coefficient (Wildman–Crippen LogP) is 0.182. The van der Waals surface area contributed by atoms with Gasteiger partial charge in [-0.2, -0.15) is 0 Å². The number of nitrogens with one attached hydrogen (secondary N) is 1. The van der Waals surface area contributed by atoms with Crippen LogP contribution in [0.1, 0.15) is 25.7 Å². The molecule has 3 fully saturated rings. The summed E-state index contributed by atoms with van der Waals surface area (Å²) >= 11 is 0. The van der Waals surface area contributed by atoms with E-state index >= 15 is 0 Å². The Kier molecular flexibility index (Phi) is 3.09. The van der Waals surface area contributed by atoms with Crippen molar-refractivity contribution in [3.05, 3.63) is 0 Å². The van der Waals surface area contributed by atoms with Crippen LogP contribution in [0.3, 0.4) is 0 Å². The lowest BCUT2D eigenvalue weighted by Crippen LogP contribution is -2.58. The van der Waals surface area contributed by atoms with Gasteiger partial charge < -0.3 is 11.1 Å². The van der Waals surface area contributed by atoms with Crippen molar-refractivity contribution in [3.8, 4) is 0 Å². The van der Waals surface area contributed by atoms with Crippen LogP contribution in [0, 0.1) is 17.8 Å². The molecular weight excluding hydrogens is 214 g/mol. The highest BCUT2D eigenvalue weighted by Gasteiger charge is 2.41. The molecule has 4 heteroatoms. The number of fused-ring (bicyclic) bond motifs is 2. The van der Waals surface area contributed by atoms with E-state index in [-0.39, 0.29) is 11.9 Å². The minimum Gasteiger partial charge on any atom is -0.368 e. The molecule has 2 saturated carbocycles. The van der Waals surface area contributed by atoms with Crippen LogP contribution in [-0.4, -0.2) is 43.0 Å².